The van der Waals surface area contributed by atoms with Crippen LogP contribution in [0.2, 0.25) is 0 Å². The Bertz CT molecular complexity index is 2900. The summed E-state index contributed by atoms with van der Waals surface area (Å²) in [5.74, 6) is 0.633. The van der Waals surface area contributed by atoms with Crippen molar-refractivity contribution < 1.29 is 11.0 Å². The van der Waals surface area contributed by atoms with Gasteiger partial charge in [-0.2, -0.15) is 9.97 Å². The van der Waals surface area contributed by atoms with Crippen LogP contribution in [0.3, 0.4) is 0 Å². The van der Waals surface area contributed by atoms with Crippen molar-refractivity contribution in [3.63, 3.8) is 0 Å². The van der Waals surface area contributed by atoms with Crippen LogP contribution in [0.25, 0.3) is 82.4 Å². The monoisotopic (exact) mass is 615 g/mol. The van der Waals surface area contributed by atoms with Gasteiger partial charge >= 0.3 is 0 Å². The zero-order valence-corrected chi connectivity index (χ0v) is 24.8. The summed E-state index contributed by atoms with van der Waals surface area (Å²) in [7, 11) is 0. The second kappa shape index (κ2) is 10.9. The van der Waals surface area contributed by atoms with E-state index in [1.807, 2.05) is 108 Å². The van der Waals surface area contributed by atoms with Gasteiger partial charge in [0, 0.05) is 27.5 Å². The fraction of sp³-hybridized carbons (Fsp3) is 0. The summed E-state index contributed by atoms with van der Waals surface area (Å²) in [6, 6.07) is 30.1. The minimum absolute atomic E-state index is 0.0328. The summed E-state index contributed by atoms with van der Waals surface area (Å²) in [6.45, 7) is 0. The Morgan fingerprint density at radius 1 is 0.500 bits per heavy atom. The third kappa shape index (κ3) is 4.47. The molecule has 0 bridgehead atoms. The van der Waals surface area contributed by atoms with Gasteiger partial charge in [-0.15, -0.1) is 11.3 Å². The van der Waals surface area contributed by atoms with Crippen LogP contribution in [0.5, 0.6) is 0 Å². The molecule has 46 heavy (non-hydrogen) atoms. The average molecular weight is 616 g/mol. The third-order valence-electron chi connectivity index (χ3n) is 7.81. The molecule has 3 aromatic heterocycles. The van der Waals surface area contributed by atoms with Crippen molar-refractivity contribution in [3.8, 4) is 50.4 Å². The Hall–Kier alpha value is -5.98. The minimum atomic E-state index is -0.536. The topological polar surface area (TPSA) is 56.5 Å². The van der Waals surface area contributed by atoms with Crippen LogP contribution in [0, 0.1) is 0 Å². The number of para-hydroxylation sites is 2. The largest absolute Gasteiger partial charge is 0.278 e. The highest BCUT2D eigenvalue weighted by molar-refractivity contribution is 7.22. The molecule has 0 N–H and O–H groups in total. The van der Waals surface area contributed by atoms with Crippen LogP contribution in [-0.4, -0.2) is 24.5 Å². The van der Waals surface area contributed by atoms with Crippen LogP contribution in [0.1, 0.15) is 11.0 Å². The highest BCUT2D eigenvalue weighted by Crippen LogP contribution is 2.37. The van der Waals surface area contributed by atoms with Crippen molar-refractivity contribution in [3.05, 3.63) is 151 Å². The first-order chi connectivity index (χ1) is 26.1. The minimum Gasteiger partial charge on any atom is -0.278 e. The van der Waals surface area contributed by atoms with Gasteiger partial charge < -0.3 is 0 Å². The lowest BCUT2D eigenvalue weighted by molar-refractivity contribution is 0.954. The molecule has 0 radical (unpaired) electrons. The standard InChI is InChI=1S/C40H25N5S/c1-3-12-26(13-4-1)27-22-24-28(25-23-27)37-42-38(32-18-11-19-33-36(32)46-39(41-33)29-14-5-2-6-15-29)44-40(43-37)45-34-20-9-7-16-30(34)31-17-8-10-21-35(31)45/h1-25H/i2D,5D,6D,11D,14D,15D,18D,19D. The first-order valence-electron chi connectivity index (χ1n) is 18.5. The molecule has 9 aromatic rings. The summed E-state index contributed by atoms with van der Waals surface area (Å²) in [4.78, 5) is 19.4. The Labute approximate surface area is 280 Å². The second-order valence-electron chi connectivity index (χ2n) is 10.5. The summed E-state index contributed by atoms with van der Waals surface area (Å²) in [6.07, 6.45) is 0. The van der Waals surface area contributed by atoms with E-state index in [4.69, 9.17) is 25.9 Å². The molecule has 0 aliphatic heterocycles. The molecule has 5 nitrogen and oxygen atoms in total. The van der Waals surface area contributed by atoms with Gasteiger partial charge in [-0.25, -0.2) is 9.97 Å². The Balaban J connectivity index is 1.33. The molecule has 3 heterocycles. The number of fused-ring (bicyclic) bond motifs is 4. The second-order valence-corrected chi connectivity index (χ2v) is 11.5. The molecule has 6 heteroatoms. The van der Waals surface area contributed by atoms with E-state index in [2.05, 4.69) is 4.98 Å². The maximum Gasteiger partial charge on any atom is 0.238 e. The van der Waals surface area contributed by atoms with Gasteiger partial charge in [0.15, 0.2) is 11.6 Å². The number of rotatable bonds is 5. The number of hydrogen-bond acceptors (Lipinski definition) is 5. The number of nitrogens with zero attached hydrogens (tertiary/aromatic N) is 5. The van der Waals surface area contributed by atoms with Crippen LogP contribution < -0.4 is 0 Å². The molecular formula is C40H25N5S. The van der Waals surface area contributed by atoms with Crippen molar-refractivity contribution in [1.29, 1.82) is 0 Å². The highest BCUT2D eigenvalue weighted by atomic mass is 32.1. The molecule has 216 valence electrons. The van der Waals surface area contributed by atoms with E-state index in [-0.39, 0.29) is 50.2 Å². The molecule has 0 fully saturated rings. The maximum absolute atomic E-state index is 9.16. The molecule has 0 saturated carbocycles. The van der Waals surface area contributed by atoms with Crippen molar-refractivity contribution in [2.75, 3.05) is 0 Å². The van der Waals surface area contributed by atoms with Gasteiger partial charge in [0.05, 0.1) is 32.2 Å². The molecule has 0 aliphatic rings. The molecule has 0 spiro atoms. The third-order valence-corrected chi connectivity index (χ3v) is 8.90. The zero-order chi connectivity index (χ0) is 37.4. The molecule has 6 aromatic carbocycles. The van der Waals surface area contributed by atoms with Crippen LogP contribution in [0.4, 0.5) is 0 Å². The van der Waals surface area contributed by atoms with Gasteiger partial charge in [-0.05, 0) is 35.3 Å². The number of benzene rings is 6. The van der Waals surface area contributed by atoms with E-state index in [1.165, 1.54) is 0 Å². The van der Waals surface area contributed by atoms with Gasteiger partial charge in [-0.1, -0.05) is 127 Å². The summed E-state index contributed by atoms with van der Waals surface area (Å²) in [5, 5.41) is 2.03. The predicted molar refractivity (Wildman–Crippen MR) is 189 cm³/mol. The fourth-order valence-corrected chi connectivity index (χ4v) is 6.66. The van der Waals surface area contributed by atoms with Crippen LogP contribution in [0.15, 0.2) is 151 Å². The highest BCUT2D eigenvalue weighted by Gasteiger charge is 2.19. The Morgan fingerprint density at radius 3 is 1.87 bits per heavy atom. The van der Waals surface area contributed by atoms with Crippen LogP contribution in [-0.2, 0) is 0 Å². The molecule has 0 unspecified atom stereocenters. The van der Waals surface area contributed by atoms with Gasteiger partial charge in [-0.3, -0.25) is 4.57 Å². The number of thiazole rings is 1. The van der Waals surface area contributed by atoms with Crippen molar-refractivity contribution >= 4 is 43.4 Å². The van der Waals surface area contributed by atoms with E-state index < -0.39 is 36.3 Å². The summed E-state index contributed by atoms with van der Waals surface area (Å²) >= 11 is 0.961. The SMILES string of the molecule is [2H]c1c([2H])c([2H])c(-c2nc3c([2H])c([2H])c([2H])c(-c4nc(-c5ccc(-c6ccccc6)cc5)nc(-n5c6ccccc6c6ccccc65)n4)c3s2)c([2H])c1[2H]. The van der Waals surface area contributed by atoms with Crippen molar-refractivity contribution in [2.24, 2.45) is 0 Å². The molecular weight excluding hydrogens is 583 g/mol. The average Bonchev–Trinajstić information content (AvgIpc) is 3.79. The van der Waals surface area contributed by atoms with E-state index in [1.54, 1.807) is 0 Å². The lowest BCUT2D eigenvalue weighted by atomic mass is 10.0. The van der Waals surface area contributed by atoms with E-state index in [0.29, 0.717) is 11.4 Å². The number of hydrogen-bond donors (Lipinski definition) is 0. The first-order valence-corrected chi connectivity index (χ1v) is 15.3. The smallest absolute Gasteiger partial charge is 0.238 e. The maximum atomic E-state index is 9.16. The zero-order valence-electron chi connectivity index (χ0n) is 32.0. The molecule has 0 saturated heterocycles. The van der Waals surface area contributed by atoms with Crippen LogP contribution >= 0.6 is 11.3 Å². The molecule has 9 rings (SSSR count). The van der Waals surface area contributed by atoms with Gasteiger partial charge in [0.25, 0.3) is 0 Å². The molecule has 0 aliphatic carbocycles. The Kier molecular flexibility index (Phi) is 4.59. The van der Waals surface area contributed by atoms with E-state index >= 15 is 0 Å². The first kappa shape index (κ1) is 19.4. The predicted octanol–water partition coefficient (Wildman–Crippen LogP) is 10.2. The molecule has 0 atom stereocenters. The quantitative estimate of drug-likeness (QED) is 0.193. The van der Waals surface area contributed by atoms with E-state index in [9.17, 15) is 0 Å². The lowest BCUT2D eigenvalue weighted by Crippen LogP contribution is -2.06. The van der Waals surface area contributed by atoms with E-state index in [0.717, 1.165) is 44.3 Å². The lowest BCUT2D eigenvalue weighted by Gasteiger charge is -2.11. The summed E-state index contributed by atoms with van der Waals surface area (Å²) < 4.78 is 70.6. The molecule has 0 amide bonds. The normalized spacial score (nSPS) is 13.9. The fourth-order valence-electron chi connectivity index (χ4n) is 5.69. The number of aromatic nitrogens is 5. The summed E-state index contributed by atoms with van der Waals surface area (Å²) in [5.41, 5.74) is 4.44. The van der Waals surface area contributed by atoms with Crippen molar-refractivity contribution in [2.45, 2.75) is 0 Å². The van der Waals surface area contributed by atoms with Gasteiger partial charge in [0.2, 0.25) is 5.95 Å². The van der Waals surface area contributed by atoms with Crippen molar-refractivity contribution in [1.82, 2.24) is 24.5 Å². The van der Waals surface area contributed by atoms with Gasteiger partial charge in [0.1, 0.15) is 5.01 Å². The Morgan fingerprint density at radius 2 is 1.13 bits per heavy atom.